The lowest BCUT2D eigenvalue weighted by molar-refractivity contribution is -0.144. The van der Waals surface area contributed by atoms with Crippen LogP contribution in [0.1, 0.15) is 27.2 Å². The fourth-order valence-corrected chi connectivity index (χ4v) is 0.895. The molecule has 0 aromatic rings. The highest BCUT2D eigenvalue weighted by Gasteiger charge is 2.12. The van der Waals surface area contributed by atoms with E-state index in [1.54, 1.807) is 0 Å². The molecule has 88 valence electrons. The van der Waals surface area contributed by atoms with Gasteiger partial charge < -0.3 is 10.4 Å². The average molecular weight is 218 g/mol. The fraction of sp³-hybridized carbons (Fsp3) is 0.778. The van der Waals surface area contributed by atoms with Crippen LogP contribution in [0.2, 0.25) is 0 Å². The highest BCUT2D eigenvalue weighted by Crippen LogP contribution is 2.05. The molecule has 0 fully saturated rings. The molecule has 2 atom stereocenters. The predicted molar refractivity (Wildman–Crippen MR) is 54.2 cm³/mol. The van der Waals surface area contributed by atoms with Crippen molar-refractivity contribution in [3.8, 4) is 0 Å². The second-order valence-corrected chi connectivity index (χ2v) is 3.43. The van der Waals surface area contributed by atoms with Gasteiger partial charge in [0.1, 0.15) is 0 Å². The third kappa shape index (κ3) is 6.73. The number of carboxylic acid groups (broad SMARTS) is 1. The van der Waals surface area contributed by atoms with Crippen LogP contribution in [0.4, 0.5) is 4.79 Å². The molecule has 0 aromatic heterocycles. The monoisotopic (exact) mass is 218 g/mol. The number of carbonyl (C=O) groups excluding carboxylic acids is 1. The zero-order valence-electron chi connectivity index (χ0n) is 9.24. The minimum absolute atomic E-state index is 0.0171. The van der Waals surface area contributed by atoms with E-state index in [0.717, 1.165) is 6.42 Å². The highest BCUT2D eigenvalue weighted by molar-refractivity contribution is 5.73. The molecule has 6 nitrogen and oxygen atoms in total. The summed E-state index contributed by atoms with van der Waals surface area (Å²) in [6.07, 6.45) is 0.956. The van der Waals surface area contributed by atoms with Gasteiger partial charge in [0.2, 0.25) is 0 Å². The van der Waals surface area contributed by atoms with Crippen LogP contribution in [0, 0.1) is 5.92 Å². The number of hydroxylamine groups is 1. The summed E-state index contributed by atoms with van der Waals surface area (Å²) in [6, 6.07) is -0.507. The number of hydrogen-bond donors (Lipinski definition) is 3. The van der Waals surface area contributed by atoms with Crippen molar-refractivity contribution in [1.29, 1.82) is 0 Å². The molecule has 0 bridgehead atoms. The first kappa shape index (κ1) is 13.7. The van der Waals surface area contributed by atoms with Crippen LogP contribution >= 0.6 is 0 Å². The summed E-state index contributed by atoms with van der Waals surface area (Å²) in [6.45, 7) is 5.38. The van der Waals surface area contributed by atoms with Crippen LogP contribution < -0.4 is 10.8 Å². The molecule has 0 saturated heterocycles. The topological polar surface area (TPSA) is 87.7 Å². The number of nitrogens with one attached hydrogen (secondary N) is 2. The molecule has 0 saturated carbocycles. The summed E-state index contributed by atoms with van der Waals surface area (Å²) in [7, 11) is 0. The van der Waals surface area contributed by atoms with E-state index in [2.05, 4.69) is 10.2 Å². The lowest BCUT2D eigenvalue weighted by Crippen LogP contribution is -2.43. The molecule has 0 rings (SSSR count). The van der Waals surface area contributed by atoms with Gasteiger partial charge in [-0.25, -0.2) is 15.1 Å². The predicted octanol–water partition coefficient (Wildman–Crippen LogP) is 0.736. The van der Waals surface area contributed by atoms with Crippen molar-refractivity contribution >= 4 is 12.0 Å². The van der Waals surface area contributed by atoms with Gasteiger partial charge in [0.25, 0.3) is 0 Å². The lowest BCUT2D eigenvalue weighted by atomic mass is 10.0. The van der Waals surface area contributed by atoms with Gasteiger partial charge in [-0.15, -0.1) is 0 Å². The van der Waals surface area contributed by atoms with Gasteiger partial charge in [0, 0.05) is 6.04 Å². The smallest absolute Gasteiger partial charge is 0.338 e. The van der Waals surface area contributed by atoms with Gasteiger partial charge in [-0.3, -0.25) is 4.84 Å². The summed E-state index contributed by atoms with van der Waals surface area (Å²) in [5.41, 5.74) is 1.99. The summed E-state index contributed by atoms with van der Waals surface area (Å²) < 4.78 is 0. The molecule has 0 aliphatic rings. The van der Waals surface area contributed by atoms with Crippen molar-refractivity contribution in [2.45, 2.75) is 33.2 Å². The first-order chi connectivity index (χ1) is 6.97. The number of hydrogen-bond acceptors (Lipinski definition) is 3. The lowest BCUT2D eigenvalue weighted by Gasteiger charge is -2.19. The van der Waals surface area contributed by atoms with Crippen molar-refractivity contribution in [3.05, 3.63) is 0 Å². The van der Waals surface area contributed by atoms with Crippen LogP contribution in [0.5, 0.6) is 0 Å². The molecule has 0 heterocycles. The minimum atomic E-state index is -1.13. The number of amides is 2. The number of aliphatic carboxylic acids is 1. The molecule has 0 spiro atoms. The third-order valence-corrected chi connectivity index (χ3v) is 2.22. The van der Waals surface area contributed by atoms with Crippen LogP contribution in [0.25, 0.3) is 0 Å². The van der Waals surface area contributed by atoms with Gasteiger partial charge in [0.05, 0.1) is 0 Å². The first-order valence-electron chi connectivity index (χ1n) is 4.87. The van der Waals surface area contributed by atoms with Crippen molar-refractivity contribution in [2.75, 3.05) is 6.61 Å². The maximum atomic E-state index is 11.1. The van der Waals surface area contributed by atoms with Gasteiger partial charge in [0.15, 0.2) is 6.61 Å². The van der Waals surface area contributed by atoms with E-state index in [-0.39, 0.29) is 6.04 Å². The molecule has 6 heteroatoms. The van der Waals surface area contributed by atoms with Crippen molar-refractivity contribution in [1.82, 2.24) is 10.8 Å². The van der Waals surface area contributed by atoms with Gasteiger partial charge >= 0.3 is 12.0 Å². The zero-order chi connectivity index (χ0) is 11.8. The van der Waals surface area contributed by atoms with Crippen LogP contribution in [-0.2, 0) is 9.63 Å². The number of urea groups is 1. The average Bonchev–Trinajstić information content (AvgIpc) is 2.15. The molecular formula is C9H18N2O4. The Labute approximate surface area is 88.9 Å². The maximum absolute atomic E-state index is 11.1. The Morgan fingerprint density at radius 1 is 1.40 bits per heavy atom. The number of carbonyl (C=O) groups is 2. The first-order valence-corrected chi connectivity index (χ1v) is 4.87. The Kier molecular flexibility index (Phi) is 6.44. The van der Waals surface area contributed by atoms with Crippen molar-refractivity contribution in [2.24, 2.45) is 5.92 Å². The fourth-order valence-electron chi connectivity index (χ4n) is 0.895. The summed E-state index contributed by atoms with van der Waals surface area (Å²) in [4.78, 5) is 25.6. The van der Waals surface area contributed by atoms with Crippen LogP contribution in [0.15, 0.2) is 0 Å². The second kappa shape index (κ2) is 7.05. The molecule has 15 heavy (non-hydrogen) atoms. The number of carboxylic acids is 1. The van der Waals surface area contributed by atoms with E-state index in [0.29, 0.717) is 5.92 Å². The molecule has 2 unspecified atom stereocenters. The van der Waals surface area contributed by atoms with Crippen LogP contribution in [-0.4, -0.2) is 29.8 Å². The zero-order valence-corrected chi connectivity index (χ0v) is 9.24. The molecule has 0 aromatic carbocycles. The van der Waals surface area contributed by atoms with E-state index < -0.39 is 18.6 Å². The summed E-state index contributed by atoms with van der Waals surface area (Å²) in [5, 5.41) is 10.9. The standard InChI is InChI=1S/C9H18N2O4/c1-4-6(2)7(3)10-9(14)11-15-5-8(12)13/h6-7H,4-5H2,1-3H3,(H,12,13)(H2,10,11,14). The van der Waals surface area contributed by atoms with Gasteiger partial charge in [-0.2, -0.15) is 0 Å². The van der Waals surface area contributed by atoms with E-state index in [9.17, 15) is 9.59 Å². The third-order valence-electron chi connectivity index (χ3n) is 2.22. The summed E-state index contributed by atoms with van der Waals surface area (Å²) in [5.74, 6) is -0.777. The van der Waals surface area contributed by atoms with Crippen molar-refractivity contribution < 1.29 is 19.5 Å². The van der Waals surface area contributed by atoms with E-state index in [1.807, 2.05) is 26.3 Å². The molecular weight excluding hydrogens is 200 g/mol. The summed E-state index contributed by atoms with van der Waals surface area (Å²) >= 11 is 0. The molecule has 0 radical (unpaired) electrons. The molecule has 0 aliphatic heterocycles. The molecule has 2 amide bonds. The largest absolute Gasteiger partial charge is 0.479 e. The normalized spacial score (nSPS) is 14.1. The maximum Gasteiger partial charge on any atom is 0.338 e. The number of rotatable bonds is 6. The quantitative estimate of drug-likeness (QED) is 0.574. The molecule has 3 N–H and O–H groups in total. The Morgan fingerprint density at radius 2 is 2.00 bits per heavy atom. The van der Waals surface area contributed by atoms with Crippen LogP contribution in [0.3, 0.4) is 0 Å². The highest BCUT2D eigenvalue weighted by atomic mass is 16.7. The molecule has 0 aliphatic carbocycles. The van der Waals surface area contributed by atoms with E-state index in [1.165, 1.54) is 0 Å². The Balaban J connectivity index is 3.69. The van der Waals surface area contributed by atoms with Gasteiger partial charge in [-0.1, -0.05) is 20.3 Å². The Bertz CT molecular complexity index is 220. The minimum Gasteiger partial charge on any atom is -0.479 e. The Morgan fingerprint density at radius 3 is 2.47 bits per heavy atom. The van der Waals surface area contributed by atoms with Gasteiger partial charge in [-0.05, 0) is 12.8 Å². The Hall–Kier alpha value is -1.30. The SMILES string of the molecule is CCC(C)C(C)NC(=O)NOCC(=O)O. The van der Waals surface area contributed by atoms with Crippen molar-refractivity contribution in [3.63, 3.8) is 0 Å². The van der Waals surface area contributed by atoms with E-state index >= 15 is 0 Å². The second-order valence-electron chi connectivity index (χ2n) is 3.43. The van der Waals surface area contributed by atoms with E-state index in [4.69, 9.17) is 5.11 Å².